The molecule has 1 aliphatic rings. The predicted molar refractivity (Wildman–Crippen MR) is 83.3 cm³/mol. The highest BCUT2D eigenvalue weighted by Gasteiger charge is 2.23. The van der Waals surface area contributed by atoms with Crippen LogP contribution in [0.15, 0.2) is 0 Å². The van der Waals surface area contributed by atoms with Crippen LogP contribution >= 0.6 is 0 Å². The zero-order chi connectivity index (χ0) is 15.7. The van der Waals surface area contributed by atoms with Crippen molar-refractivity contribution in [3.8, 4) is 0 Å². The lowest BCUT2D eigenvalue weighted by Gasteiger charge is -2.33. The standard InChI is InChI=1S/C16H30N2O3/c1-3-18(14-7-5-4-6-8-14)16(21)17-12-11-13(2)9-10-15(19)20/h13-14H,3-12H2,1-2H3,(H,17,21)(H,19,20). The first kappa shape index (κ1) is 17.8. The first-order chi connectivity index (χ1) is 10.0. The summed E-state index contributed by atoms with van der Waals surface area (Å²) in [4.78, 5) is 24.7. The summed E-state index contributed by atoms with van der Waals surface area (Å²) in [6.45, 7) is 5.45. The second kappa shape index (κ2) is 9.64. The number of carbonyl (C=O) groups excluding carboxylic acids is 1. The fourth-order valence-electron chi connectivity index (χ4n) is 3.00. The highest BCUT2D eigenvalue weighted by Crippen LogP contribution is 2.22. The number of aliphatic carboxylic acids is 1. The maximum absolute atomic E-state index is 12.2. The Morgan fingerprint density at radius 2 is 1.90 bits per heavy atom. The van der Waals surface area contributed by atoms with Crippen LogP contribution in [0.4, 0.5) is 4.79 Å². The lowest BCUT2D eigenvalue weighted by molar-refractivity contribution is -0.137. The molecule has 1 unspecified atom stereocenters. The molecular weight excluding hydrogens is 268 g/mol. The highest BCUT2D eigenvalue weighted by atomic mass is 16.4. The van der Waals surface area contributed by atoms with Gasteiger partial charge in [0.15, 0.2) is 0 Å². The Morgan fingerprint density at radius 3 is 2.48 bits per heavy atom. The van der Waals surface area contributed by atoms with E-state index in [0.29, 0.717) is 24.9 Å². The third-order valence-electron chi connectivity index (χ3n) is 4.38. The topological polar surface area (TPSA) is 69.6 Å². The molecule has 0 heterocycles. The van der Waals surface area contributed by atoms with Crippen LogP contribution in [0.1, 0.15) is 65.2 Å². The molecule has 0 bridgehead atoms. The minimum Gasteiger partial charge on any atom is -0.481 e. The van der Waals surface area contributed by atoms with Crippen LogP contribution in [0, 0.1) is 5.92 Å². The molecule has 21 heavy (non-hydrogen) atoms. The van der Waals surface area contributed by atoms with Crippen LogP contribution in [0.3, 0.4) is 0 Å². The average molecular weight is 298 g/mol. The molecule has 0 spiro atoms. The first-order valence-electron chi connectivity index (χ1n) is 8.30. The van der Waals surface area contributed by atoms with E-state index in [1.807, 2.05) is 18.7 Å². The summed E-state index contributed by atoms with van der Waals surface area (Å²) in [5.74, 6) is -0.425. The van der Waals surface area contributed by atoms with Gasteiger partial charge in [-0.1, -0.05) is 26.2 Å². The Kier molecular flexibility index (Phi) is 8.16. The van der Waals surface area contributed by atoms with E-state index in [0.717, 1.165) is 25.8 Å². The number of urea groups is 1. The van der Waals surface area contributed by atoms with Crippen molar-refractivity contribution in [3.63, 3.8) is 0 Å². The number of carboxylic acid groups (broad SMARTS) is 1. The lowest BCUT2D eigenvalue weighted by Crippen LogP contribution is -2.47. The van der Waals surface area contributed by atoms with Crippen molar-refractivity contribution >= 4 is 12.0 Å². The van der Waals surface area contributed by atoms with Gasteiger partial charge < -0.3 is 15.3 Å². The molecule has 2 N–H and O–H groups in total. The maximum Gasteiger partial charge on any atom is 0.317 e. The van der Waals surface area contributed by atoms with Gasteiger partial charge >= 0.3 is 12.0 Å². The summed E-state index contributed by atoms with van der Waals surface area (Å²) in [5, 5.41) is 11.6. The number of carboxylic acids is 1. The van der Waals surface area contributed by atoms with Gasteiger partial charge in [-0.25, -0.2) is 4.79 Å². The van der Waals surface area contributed by atoms with Gasteiger partial charge in [0.2, 0.25) is 0 Å². The quantitative estimate of drug-likeness (QED) is 0.722. The maximum atomic E-state index is 12.2. The van der Waals surface area contributed by atoms with Crippen molar-refractivity contribution in [2.75, 3.05) is 13.1 Å². The van der Waals surface area contributed by atoms with Gasteiger partial charge in [0.1, 0.15) is 0 Å². The van der Waals surface area contributed by atoms with E-state index in [4.69, 9.17) is 5.11 Å². The molecule has 0 radical (unpaired) electrons. The van der Waals surface area contributed by atoms with Crippen molar-refractivity contribution in [1.29, 1.82) is 0 Å². The van der Waals surface area contributed by atoms with E-state index in [1.54, 1.807) is 0 Å². The number of carbonyl (C=O) groups is 2. The summed E-state index contributed by atoms with van der Waals surface area (Å²) < 4.78 is 0. The summed E-state index contributed by atoms with van der Waals surface area (Å²) >= 11 is 0. The Labute approximate surface area is 128 Å². The van der Waals surface area contributed by atoms with Crippen LogP contribution in [0.25, 0.3) is 0 Å². The van der Waals surface area contributed by atoms with Crippen LogP contribution in [0.5, 0.6) is 0 Å². The van der Waals surface area contributed by atoms with Gasteiger partial charge in [0.05, 0.1) is 0 Å². The van der Waals surface area contributed by atoms with E-state index in [9.17, 15) is 9.59 Å². The van der Waals surface area contributed by atoms with Crippen molar-refractivity contribution in [3.05, 3.63) is 0 Å². The van der Waals surface area contributed by atoms with Crippen molar-refractivity contribution < 1.29 is 14.7 Å². The summed E-state index contributed by atoms with van der Waals surface area (Å²) in [5.41, 5.74) is 0. The van der Waals surface area contributed by atoms with Gasteiger partial charge in [-0.3, -0.25) is 4.79 Å². The highest BCUT2D eigenvalue weighted by molar-refractivity contribution is 5.74. The van der Waals surface area contributed by atoms with Crippen LogP contribution in [-0.4, -0.2) is 41.1 Å². The van der Waals surface area contributed by atoms with E-state index in [1.165, 1.54) is 19.3 Å². The van der Waals surface area contributed by atoms with Gasteiger partial charge in [0.25, 0.3) is 0 Å². The van der Waals surface area contributed by atoms with E-state index in [2.05, 4.69) is 5.32 Å². The molecule has 0 saturated heterocycles. The van der Waals surface area contributed by atoms with Crippen molar-refractivity contribution in [2.45, 2.75) is 71.3 Å². The number of nitrogens with one attached hydrogen (secondary N) is 1. The number of amides is 2. The van der Waals surface area contributed by atoms with Crippen molar-refractivity contribution in [1.82, 2.24) is 10.2 Å². The number of rotatable bonds is 8. The second-order valence-corrected chi connectivity index (χ2v) is 6.14. The van der Waals surface area contributed by atoms with E-state index >= 15 is 0 Å². The molecule has 0 aliphatic heterocycles. The van der Waals surface area contributed by atoms with Crippen LogP contribution in [-0.2, 0) is 4.79 Å². The van der Waals surface area contributed by atoms with Gasteiger partial charge in [-0.2, -0.15) is 0 Å². The Balaban J connectivity index is 2.25. The molecule has 0 aromatic heterocycles. The average Bonchev–Trinajstić information content (AvgIpc) is 2.47. The SMILES string of the molecule is CCN(C(=O)NCCC(C)CCC(=O)O)C1CCCCC1. The third kappa shape index (κ3) is 6.82. The molecule has 1 rings (SSSR count). The van der Waals surface area contributed by atoms with Crippen LogP contribution < -0.4 is 5.32 Å². The third-order valence-corrected chi connectivity index (χ3v) is 4.38. The molecule has 0 aromatic carbocycles. The van der Waals surface area contributed by atoms with E-state index < -0.39 is 5.97 Å². The normalized spacial score (nSPS) is 17.2. The number of hydrogen-bond acceptors (Lipinski definition) is 2. The van der Waals surface area contributed by atoms with Crippen molar-refractivity contribution in [2.24, 2.45) is 5.92 Å². The molecule has 1 atom stereocenters. The lowest BCUT2D eigenvalue weighted by atomic mass is 9.94. The molecule has 0 aromatic rings. The molecule has 2 amide bonds. The minimum atomic E-state index is -0.750. The first-order valence-corrected chi connectivity index (χ1v) is 8.30. The summed E-state index contributed by atoms with van der Waals surface area (Å²) in [6.07, 6.45) is 7.69. The Bertz CT molecular complexity index is 327. The number of hydrogen-bond donors (Lipinski definition) is 2. The second-order valence-electron chi connectivity index (χ2n) is 6.14. The molecule has 1 saturated carbocycles. The van der Waals surface area contributed by atoms with Gasteiger partial charge in [-0.05, 0) is 38.5 Å². The molecule has 1 aliphatic carbocycles. The van der Waals surface area contributed by atoms with Crippen LogP contribution in [0.2, 0.25) is 0 Å². The molecule has 122 valence electrons. The van der Waals surface area contributed by atoms with E-state index in [-0.39, 0.29) is 12.5 Å². The van der Waals surface area contributed by atoms with Gasteiger partial charge in [-0.15, -0.1) is 0 Å². The summed E-state index contributed by atoms with van der Waals surface area (Å²) in [7, 11) is 0. The zero-order valence-electron chi connectivity index (χ0n) is 13.4. The number of nitrogens with zero attached hydrogens (tertiary/aromatic N) is 1. The fourth-order valence-corrected chi connectivity index (χ4v) is 3.00. The molecule has 1 fully saturated rings. The smallest absolute Gasteiger partial charge is 0.317 e. The Hall–Kier alpha value is -1.26. The zero-order valence-corrected chi connectivity index (χ0v) is 13.4. The predicted octanol–water partition coefficient (Wildman–Crippen LogP) is 3.24. The molecular formula is C16H30N2O3. The monoisotopic (exact) mass is 298 g/mol. The largest absolute Gasteiger partial charge is 0.481 e. The summed E-state index contributed by atoms with van der Waals surface area (Å²) in [6, 6.07) is 0.433. The van der Waals surface area contributed by atoms with Gasteiger partial charge in [0, 0.05) is 25.6 Å². The molecule has 5 nitrogen and oxygen atoms in total. The fraction of sp³-hybridized carbons (Fsp3) is 0.875. The molecule has 5 heteroatoms. The Morgan fingerprint density at radius 1 is 1.24 bits per heavy atom. The minimum absolute atomic E-state index is 0.0369.